The topological polar surface area (TPSA) is 64.8 Å². The highest BCUT2D eigenvalue weighted by molar-refractivity contribution is 6.26. The molecule has 0 amide bonds. The molecule has 0 saturated heterocycles. The van der Waals surface area contributed by atoms with Crippen molar-refractivity contribution in [2.24, 2.45) is 0 Å². The second-order valence-corrected chi connectivity index (χ2v) is 5.56. The molecule has 0 unspecified atom stereocenters. The number of carbonyl (C=O) groups is 2. The Morgan fingerprint density at radius 2 is 1.74 bits per heavy atom. The van der Waals surface area contributed by atoms with Crippen molar-refractivity contribution in [1.29, 1.82) is 0 Å². The molecule has 0 saturated carbocycles. The van der Waals surface area contributed by atoms with Gasteiger partial charge in [0, 0.05) is 12.7 Å². The third-order valence-corrected chi connectivity index (χ3v) is 4.07. The molecule has 0 fully saturated rings. The molecule has 1 aliphatic rings. The van der Waals surface area contributed by atoms with E-state index in [1.54, 1.807) is 30.1 Å². The highest BCUT2D eigenvalue weighted by atomic mass is 16.1. The number of rotatable bonds is 2. The van der Waals surface area contributed by atoms with Gasteiger partial charge in [0.15, 0.2) is 0 Å². The predicted octanol–water partition coefficient (Wildman–Crippen LogP) is 2.41. The number of aryl methyl sites for hydroxylation is 1. The van der Waals surface area contributed by atoms with Crippen molar-refractivity contribution >= 4 is 11.6 Å². The maximum atomic E-state index is 12.8. The zero-order valence-electron chi connectivity index (χ0n) is 12.5. The molecule has 1 aliphatic carbocycles. The second kappa shape index (κ2) is 4.98. The Morgan fingerprint density at radius 3 is 2.52 bits per heavy atom. The normalized spacial score (nSPS) is 12.9. The summed E-state index contributed by atoms with van der Waals surface area (Å²) in [6.45, 7) is 2.29. The summed E-state index contributed by atoms with van der Waals surface area (Å²) in [5.74, 6) is -0.473. The summed E-state index contributed by atoms with van der Waals surface area (Å²) in [6.07, 6.45) is 3.11. The van der Waals surface area contributed by atoms with Crippen LogP contribution in [-0.2, 0) is 6.54 Å². The average molecular weight is 303 g/mol. The van der Waals surface area contributed by atoms with Crippen molar-refractivity contribution in [3.63, 3.8) is 0 Å². The largest absolute Gasteiger partial charge is 0.323 e. The van der Waals surface area contributed by atoms with Gasteiger partial charge in [0.05, 0.1) is 11.9 Å². The number of fused-ring (bicyclic) bond motifs is 2. The lowest BCUT2D eigenvalue weighted by molar-refractivity contribution is 0.0967. The summed E-state index contributed by atoms with van der Waals surface area (Å²) in [4.78, 5) is 33.8. The van der Waals surface area contributed by atoms with Crippen LogP contribution in [0.25, 0.3) is 0 Å². The fraction of sp³-hybridized carbons (Fsp3) is 0.111. The Balaban J connectivity index is 1.84. The Bertz CT molecular complexity index is 942. The van der Waals surface area contributed by atoms with E-state index in [0.29, 0.717) is 17.8 Å². The van der Waals surface area contributed by atoms with E-state index in [2.05, 4.69) is 9.97 Å². The van der Waals surface area contributed by atoms with E-state index in [0.717, 1.165) is 11.1 Å². The molecular weight excluding hydrogens is 290 g/mol. The number of hydrogen-bond acceptors (Lipinski definition) is 4. The number of hydrogen-bond donors (Lipinski definition) is 0. The van der Waals surface area contributed by atoms with Gasteiger partial charge < -0.3 is 4.57 Å². The fourth-order valence-corrected chi connectivity index (χ4v) is 2.93. The molecule has 23 heavy (non-hydrogen) atoms. The quantitative estimate of drug-likeness (QED) is 0.570. The zero-order valence-corrected chi connectivity index (χ0v) is 12.5. The molecule has 4 rings (SSSR count). The van der Waals surface area contributed by atoms with Gasteiger partial charge >= 0.3 is 0 Å². The molecule has 0 N–H and O–H groups in total. The Kier molecular flexibility index (Phi) is 2.94. The van der Waals surface area contributed by atoms with Gasteiger partial charge in [-0.1, -0.05) is 30.3 Å². The second-order valence-electron chi connectivity index (χ2n) is 5.56. The van der Waals surface area contributed by atoms with E-state index in [9.17, 15) is 9.59 Å². The van der Waals surface area contributed by atoms with Crippen molar-refractivity contribution < 1.29 is 9.59 Å². The molecule has 5 heteroatoms. The van der Waals surface area contributed by atoms with Crippen LogP contribution in [0.1, 0.15) is 43.4 Å². The Morgan fingerprint density at radius 1 is 0.957 bits per heavy atom. The van der Waals surface area contributed by atoms with E-state index in [1.165, 1.54) is 0 Å². The van der Waals surface area contributed by atoms with Crippen LogP contribution in [0, 0.1) is 6.92 Å². The van der Waals surface area contributed by atoms with Gasteiger partial charge in [-0.15, -0.1) is 0 Å². The maximum absolute atomic E-state index is 12.8. The van der Waals surface area contributed by atoms with Gasteiger partial charge in [-0.2, -0.15) is 0 Å². The average Bonchev–Trinajstić information content (AvgIpc) is 2.97. The third-order valence-electron chi connectivity index (χ3n) is 4.07. The molecule has 0 spiro atoms. The van der Waals surface area contributed by atoms with Crippen LogP contribution in [0.5, 0.6) is 0 Å². The summed E-state index contributed by atoms with van der Waals surface area (Å²) in [6, 6.07) is 11.5. The van der Waals surface area contributed by atoms with Gasteiger partial charge in [0.2, 0.25) is 11.6 Å². The van der Waals surface area contributed by atoms with Crippen LogP contribution in [0.3, 0.4) is 0 Å². The first-order valence-corrected chi connectivity index (χ1v) is 7.31. The first kappa shape index (κ1) is 13.6. The molecule has 2 heterocycles. The summed E-state index contributed by atoms with van der Waals surface area (Å²) < 4.78 is 1.72. The lowest BCUT2D eigenvalue weighted by atomic mass is 9.91. The van der Waals surface area contributed by atoms with Crippen LogP contribution in [0.15, 0.2) is 48.9 Å². The zero-order chi connectivity index (χ0) is 16.0. The van der Waals surface area contributed by atoms with Gasteiger partial charge in [-0.05, 0) is 24.1 Å². The summed E-state index contributed by atoms with van der Waals surface area (Å²) >= 11 is 0. The molecule has 112 valence electrons. The summed E-state index contributed by atoms with van der Waals surface area (Å²) in [7, 11) is 0. The van der Waals surface area contributed by atoms with E-state index in [-0.39, 0.29) is 23.0 Å². The molecule has 5 nitrogen and oxygen atoms in total. The van der Waals surface area contributed by atoms with Crippen LogP contribution in [0.2, 0.25) is 0 Å². The SMILES string of the molecule is Cc1ccnc2c1C(=O)c1ncn(Cc3ccccc3)c1C2=O. The lowest BCUT2D eigenvalue weighted by Gasteiger charge is -2.16. The van der Waals surface area contributed by atoms with Crippen molar-refractivity contribution in [3.8, 4) is 0 Å². The monoisotopic (exact) mass is 303 g/mol. The highest BCUT2D eigenvalue weighted by Gasteiger charge is 2.36. The highest BCUT2D eigenvalue weighted by Crippen LogP contribution is 2.27. The van der Waals surface area contributed by atoms with Crippen LogP contribution < -0.4 is 0 Å². The molecule has 1 aromatic carbocycles. The van der Waals surface area contributed by atoms with Crippen molar-refractivity contribution in [1.82, 2.24) is 14.5 Å². The molecule has 0 radical (unpaired) electrons. The van der Waals surface area contributed by atoms with Crippen molar-refractivity contribution in [3.05, 3.63) is 82.7 Å². The van der Waals surface area contributed by atoms with E-state index in [4.69, 9.17) is 0 Å². The summed E-state index contributed by atoms with van der Waals surface area (Å²) in [5, 5.41) is 0. The molecule has 0 atom stereocenters. The smallest absolute Gasteiger partial charge is 0.230 e. The van der Waals surface area contributed by atoms with Gasteiger partial charge in [0.25, 0.3) is 0 Å². The minimum atomic E-state index is -0.244. The van der Waals surface area contributed by atoms with Gasteiger partial charge in [-0.25, -0.2) is 4.98 Å². The number of ketones is 2. The number of carbonyl (C=O) groups excluding carboxylic acids is 2. The predicted molar refractivity (Wildman–Crippen MR) is 83.6 cm³/mol. The minimum Gasteiger partial charge on any atom is -0.323 e. The number of nitrogens with zero attached hydrogens (tertiary/aromatic N) is 3. The van der Waals surface area contributed by atoms with Crippen molar-refractivity contribution in [2.75, 3.05) is 0 Å². The maximum Gasteiger partial charge on any atom is 0.230 e. The molecule has 3 aromatic rings. The first-order chi connectivity index (χ1) is 11.2. The summed E-state index contributed by atoms with van der Waals surface area (Å²) in [5.41, 5.74) is 2.92. The van der Waals surface area contributed by atoms with Crippen molar-refractivity contribution in [2.45, 2.75) is 13.5 Å². The standard InChI is InChI=1S/C18H13N3O2/c1-11-7-8-19-14-13(11)17(22)15-16(18(14)23)21(10-20-15)9-12-5-3-2-4-6-12/h2-8,10H,9H2,1H3. The van der Waals surface area contributed by atoms with Gasteiger partial charge in [0.1, 0.15) is 17.1 Å². The number of benzene rings is 1. The van der Waals surface area contributed by atoms with Crippen LogP contribution in [-0.4, -0.2) is 26.1 Å². The third kappa shape index (κ3) is 2.01. The van der Waals surface area contributed by atoms with E-state index < -0.39 is 0 Å². The minimum absolute atomic E-state index is 0.217. The number of aromatic nitrogens is 3. The Labute approximate surface area is 132 Å². The molecular formula is C18H13N3O2. The number of pyridine rings is 1. The molecule has 0 bridgehead atoms. The van der Waals surface area contributed by atoms with E-state index in [1.807, 2.05) is 30.3 Å². The van der Waals surface area contributed by atoms with Crippen LogP contribution >= 0.6 is 0 Å². The fourth-order valence-electron chi connectivity index (χ4n) is 2.93. The molecule has 2 aromatic heterocycles. The van der Waals surface area contributed by atoms with Gasteiger partial charge in [-0.3, -0.25) is 14.6 Å². The van der Waals surface area contributed by atoms with Crippen LogP contribution in [0.4, 0.5) is 0 Å². The van der Waals surface area contributed by atoms with E-state index >= 15 is 0 Å². The first-order valence-electron chi connectivity index (χ1n) is 7.31. The Hall–Kier alpha value is -3.08. The number of imidazole rings is 1. The lowest BCUT2D eigenvalue weighted by Crippen LogP contribution is -2.25. The molecule has 0 aliphatic heterocycles.